The molecule has 0 saturated carbocycles. The average Bonchev–Trinajstić information content (AvgIpc) is 2.66. The molecule has 0 heterocycles. The van der Waals surface area contributed by atoms with Crippen molar-refractivity contribution in [1.82, 2.24) is 0 Å². The summed E-state index contributed by atoms with van der Waals surface area (Å²) in [7, 11) is -4.33. The fraction of sp³-hybridized carbons (Fsp3) is 0.455. The van der Waals surface area contributed by atoms with Gasteiger partial charge in [0.1, 0.15) is 22.1 Å². The Morgan fingerprint density at radius 2 is 1.39 bits per heavy atom. The Hall–Kier alpha value is -2.05. The molecule has 0 spiro atoms. The predicted octanol–water partition coefficient (Wildman–Crippen LogP) is 6.11. The van der Waals surface area contributed by atoms with Gasteiger partial charge in [-0.05, 0) is 48.7 Å². The maximum atomic E-state index is 11.8. The Balaban J connectivity index is 1.95. The molecule has 5 nitrogen and oxygen atoms in total. The van der Waals surface area contributed by atoms with Gasteiger partial charge in [-0.3, -0.25) is 4.55 Å². The molecule has 0 aliphatic rings. The van der Waals surface area contributed by atoms with Crippen molar-refractivity contribution in [3.8, 4) is 17.2 Å². The molecule has 0 radical (unpaired) electrons. The molecule has 2 aromatic carbocycles. The first kappa shape index (κ1) is 22.2. The molecule has 0 fully saturated rings. The van der Waals surface area contributed by atoms with Crippen LogP contribution in [-0.2, 0) is 16.5 Å². The van der Waals surface area contributed by atoms with Gasteiger partial charge < -0.3 is 9.84 Å². The number of aromatic hydroxyl groups is 1. The van der Waals surface area contributed by atoms with E-state index in [1.54, 1.807) is 24.3 Å². The minimum Gasteiger partial charge on any atom is -0.508 e. The molecule has 0 aromatic heterocycles. The summed E-state index contributed by atoms with van der Waals surface area (Å²) in [6.07, 6.45) is 9.96. The smallest absolute Gasteiger partial charge is 0.294 e. The highest BCUT2D eigenvalue weighted by Crippen LogP contribution is 2.28. The van der Waals surface area contributed by atoms with E-state index in [1.165, 1.54) is 50.3 Å². The Kier molecular flexibility index (Phi) is 8.80. The Bertz CT molecular complexity index is 829. The highest BCUT2D eigenvalue weighted by Gasteiger charge is 2.17. The standard InChI is InChI=1S/C22H30O5S/c1-2-3-4-5-6-7-8-9-10-18-11-14-21(17-22(18)28(24,25)26)27-20-15-12-19(23)13-16-20/h11-17,23H,2-10H2,1H3,(H,24,25,26). The van der Waals surface area contributed by atoms with Crippen LogP contribution in [0.5, 0.6) is 17.2 Å². The zero-order chi connectivity index (χ0) is 20.4. The lowest BCUT2D eigenvalue weighted by Crippen LogP contribution is -2.04. The van der Waals surface area contributed by atoms with Crippen LogP contribution in [0.25, 0.3) is 0 Å². The maximum Gasteiger partial charge on any atom is 0.294 e. The van der Waals surface area contributed by atoms with Crippen LogP contribution in [0.15, 0.2) is 47.4 Å². The first-order valence-corrected chi connectivity index (χ1v) is 11.4. The summed E-state index contributed by atoms with van der Waals surface area (Å²) in [4.78, 5) is -0.105. The van der Waals surface area contributed by atoms with E-state index in [4.69, 9.17) is 4.74 Å². The first-order valence-electron chi connectivity index (χ1n) is 9.97. The molecule has 28 heavy (non-hydrogen) atoms. The first-order chi connectivity index (χ1) is 13.4. The third kappa shape index (κ3) is 7.52. The van der Waals surface area contributed by atoms with Crippen molar-refractivity contribution in [2.75, 3.05) is 0 Å². The maximum absolute atomic E-state index is 11.8. The molecule has 0 saturated heterocycles. The van der Waals surface area contributed by atoms with Crippen LogP contribution in [0, 0.1) is 0 Å². The number of ether oxygens (including phenoxy) is 1. The molecule has 0 bridgehead atoms. The lowest BCUT2D eigenvalue weighted by molar-refractivity contribution is 0.461. The third-order valence-corrected chi connectivity index (χ3v) is 5.62. The molecule has 0 aliphatic carbocycles. The van der Waals surface area contributed by atoms with Crippen LogP contribution in [-0.4, -0.2) is 18.1 Å². The quantitative estimate of drug-likeness (QED) is 0.328. The summed E-state index contributed by atoms with van der Waals surface area (Å²) in [5, 5.41) is 9.32. The van der Waals surface area contributed by atoms with Gasteiger partial charge in [0.25, 0.3) is 10.1 Å². The molecular formula is C22H30O5S. The van der Waals surface area contributed by atoms with Gasteiger partial charge in [0.05, 0.1) is 0 Å². The van der Waals surface area contributed by atoms with Gasteiger partial charge in [-0.2, -0.15) is 8.42 Å². The van der Waals surface area contributed by atoms with E-state index in [-0.39, 0.29) is 10.6 Å². The van der Waals surface area contributed by atoms with Crippen LogP contribution in [0.2, 0.25) is 0 Å². The van der Waals surface area contributed by atoms with Gasteiger partial charge in [-0.25, -0.2) is 0 Å². The van der Waals surface area contributed by atoms with Crippen LogP contribution < -0.4 is 4.74 Å². The second kappa shape index (κ2) is 11.1. The van der Waals surface area contributed by atoms with E-state index in [0.717, 1.165) is 19.3 Å². The fourth-order valence-electron chi connectivity index (χ4n) is 3.14. The SMILES string of the molecule is CCCCCCCCCCc1ccc(Oc2ccc(O)cc2)cc1S(=O)(=O)O. The Labute approximate surface area is 168 Å². The molecule has 0 atom stereocenters. The molecule has 0 amide bonds. The summed E-state index contributed by atoms with van der Waals surface area (Å²) in [5.41, 5.74) is 0.603. The monoisotopic (exact) mass is 406 g/mol. The minimum atomic E-state index is -4.33. The van der Waals surface area contributed by atoms with Crippen LogP contribution in [0.1, 0.15) is 63.9 Å². The summed E-state index contributed by atoms with van der Waals surface area (Å²) < 4.78 is 38.8. The highest BCUT2D eigenvalue weighted by molar-refractivity contribution is 7.85. The highest BCUT2D eigenvalue weighted by atomic mass is 32.2. The minimum absolute atomic E-state index is 0.105. The topological polar surface area (TPSA) is 83.8 Å². The van der Waals surface area contributed by atoms with Crippen molar-refractivity contribution in [1.29, 1.82) is 0 Å². The number of aryl methyl sites for hydroxylation is 1. The van der Waals surface area contributed by atoms with Crippen LogP contribution in [0.3, 0.4) is 0 Å². The van der Waals surface area contributed by atoms with Crippen molar-refractivity contribution in [3.63, 3.8) is 0 Å². The van der Waals surface area contributed by atoms with Crippen LogP contribution in [0.4, 0.5) is 0 Å². The Morgan fingerprint density at radius 3 is 2.00 bits per heavy atom. The lowest BCUT2D eigenvalue weighted by Gasteiger charge is -2.11. The van der Waals surface area contributed by atoms with E-state index in [1.807, 2.05) is 0 Å². The van der Waals surface area contributed by atoms with Gasteiger partial charge in [0, 0.05) is 6.07 Å². The molecular weight excluding hydrogens is 376 g/mol. The predicted molar refractivity (Wildman–Crippen MR) is 111 cm³/mol. The van der Waals surface area contributed by atoms with E-state index in [2.05, 4.69) is 6.92 Å². The summed E-state index contributed by atoms with van der Waals surface area (Å²) in [6.45, 7) is 2.20. The van der Waals surface area contributed by atoms with Crippen molar-refractivity contribution in [2.45, 2.75) is 69.6 Å². The average molecular weight is 407 g/mol. The third-order valence-electron chi connectivity index (χ3n) is 4.69. The molecule has 2 rings (SSSR count). The van der Waals surface area contributed by atoms with Crippen LogP contribution >= 0.6 is 0 Å². The number of hydrogen-bond acceptors (Lipinski definition) is 4. The van der Waals surface area contributed by atoms with Gasteiger partial charge in [0.15, 0.2) is 0 Å². The summed E-state index contributed by atoms with van der Waals surface area (Å²) in [6, 6.07) is 10.9. The lowest BCUT2D eigenvalue weighted by atomic mass is 10.0. The largest absolute Gasteiger partial charge is 0.508 e. The number of hydrogen-bond donors (Lipinski definition) is 2. The van der Waals surface area contributed by atoms with E-state index >= 15 is 0 Å². The molecule has 2 aromatic rings. The number of unbranched alkanes of at least 4 members (excludes halogenated alkanes) is 7. The molecule has 0 aliphatic heterocycles. The zero-order valence-electron chi connectivity index (χ0n) is 16.4. The summed E-state index contributed by atoms with van der Waals surface area (Å²) >= 11 is 0. The van der Waals surface area contributed by atoms with Crippen molar-refractivity contribution in [2.24, 2.45) is 0 Å². The second-order valence-corrected chi connectivity index (χ2v) is 8.46. The normalized spacial score (nSPS) is 11.5. The molecule has 0 unspecified atom stereocenters. The van der Waals surface area contributed by atoms with E-state index in [9.17, 15) is 18.1 Å². The molecule has 6 heteroatoms. The second-order valence-electron chi connectivity index (χ2n) is 7.07. The van der Waals surface area contributed by atoms with Gasteiger partial charge in [-0.1, -0.05) is 57.9 Å². The van der Waals surface area contributed by atoms with Gasteiger partial charge >= 0.3 is 0 Å². The zero-order valence-corrected chi connectivity index (χ0v) is 17.2. The summed E-state index contributed by atoms with van der Waals surface area (Å²) in [5.74, 6) is 0.902. The number of benzene rings is 2. The number of phenolic OH excluding ortho intramolecular Hbond substituents is 1. The van der Waals surface area contributed by atoms with Crippen molar-refractivity contribution < 1.29 is 22.8 Å². The fourth-order valence-corrected chi connectivity index (χ4v) is 3.91. The Morgan fingerprint density at radius 1 is 0.821 bits per heavy atom. The van der Waals surface area contributed by atoms with Crippen molar-refractivity contribution >= 4 is 10.1 Å². The number of phenols is 1. The van der Waals surface area contributed by atoms with Crippen molar-refractivity contribution in [3.05, 3.63) is 48.0 Å². The van der Waals surface area contributed by atoms with Gasteiger partial charge in [0.2, 0.25) is 0 Å². The van der Waals surface area contributed by atoms with E-state index < -0.39 is 10.1 Å². The number of rotatable bonds is 12. The molecule has 154 valence electrons. The van der Waals surface area contributed by atoms with E-state index in [0.29, 0.717) is 23.5 Å². The van der Waals surface area contributed by atoms with Gasteiger partial charge in [-0.15, -0.1) is 0 Å². The molecule has 2 N–H and O–H groups in total.